The zero-order valence-electron chi connectivity index (χ0n) is 7.24. The van der Waals surface area contributed by atoms with Gasteiger partial charge in [-0.05, 0) is 40.8 Å². The summed E-state index contributed by atoms with van der Waals surface area (Å²) in [5.74, 6) is 0.666. The smallest absolute Gasteiger partial charge is 0.267 e. The number of rotatable bonds is 2. The Morgan fingerprint density at radius 3 is 3.00 bits per heavy atom. The molecule has 2 rings (SSSR count). The van der Waals surface area contributed by atoms with Crippen molar-refractivity contribution in [2.75, 3.05) is 0 Å². The first kappa shape index (κ1) is 8.94. The summed E-state index contributed by atoms with van der Waals surface area (Å²) in [7, 11) is 0. The van der Waals surface area contributed by atoms with Gasteiger partial charge in [-0.2, -0.15) is 5.10 Å². The molecule has 1 aromatic rings. The fourth-order valence-electron chi connectivity index (χ4n) is 1.48. The van der Waals surface area contributed by atoms with E-state index in [-0.39, 0.29) is 5.56 Å². The Morgan fingerprint density at radius 2 is 2.38 bits per heavy atom. The van der Waals surface area contributed by atoms with E-state index in [1.54, 1.807) is 16.9 Å². The summed E-state index contributed by atoms with van der Waals surface area (Å²) >= 11 is 3.20. The van der Waals surface area contributed by atoms with Crippen LogP contribution < -0.4 is 5.56 Å². The molecule has 1 aromatic heterocycles. The molecule has 13 heavy (non-hydrogen) atoms. The molecule has 1 fully saturated rings. The van der Waals surface area contributed by atoms with Gasteiger partial charge in [0, 0.05) is 12.7 Å². The SMILES string of the molecule is O=c1c(Br)ccnn1CC1CCC1. The van der Waals surface area contributed by atoms with Gasteiger partial charge in [-0.1, -0.05) is 6.42 Å². The summed E-state index contributed by atoms with van der Waals surface area (Å²) in [6, 6.07) is 1.68. The molecule has 0 atom stereocenters. The van der Waals surface area contributed by atoms with Crippen molar-refractivity contribution in [1.82, 2.24) is 9.78 Å². The quantitative estimate of drug-likeness (QED) is 0.793. The van der Waals surface area contributed by atoms with Crippen LogP contribution >= 0.6 is 15.9 Å². The predicted molar refractivity (Wildman–Crippen MR) is 53.5 cm³/mol. The largest absolute Gasteiger partial charge is 0.281 e. The van der Waals surface area contributed by atoms with Crippen molar-refractivity contribution in [1.29, 1.82) is 0 Å². The van der Waals surface area contributed by atoms with Gasteiger partial charge in [-0.3, -0.25) is 4.79 Å². The summed E-state index contributed by atoms with van der Waals surface area (Å²) in [6.07, 6.45) is 5.43. The number of aromatic nitrogens is 2. The molecular weight excluding hydrogens is 232 g/mol. The maximum atomic E-state index is 11.5. The minimum Gasteiger partial charge on any atom is -0.267 e. The molecule has 70 valence electrons. The lowest BCUT2D eigenvalue weighted by Gasteiger charge is -2.25. The molecule has 3 nitrogen and oxygen atoms in total. The number of halogens is 1. The van der Waals surface area contributed by atoms with Crippen LogP contribution in [0.5, 0.6) is 0 Å². The van der Waals surface area contributed by atoms with Gasteiger partial charge in [0.25, 0.3) is 5.56 Å². The highest BCUT2D eigenvalue weighted by Crippen LogP contribution is 2.27. The van der Waals surface area contributed by atoms with E-state index in [0.29, 0.717) is 10.4 Å². The molecule has 0 aliphatic heterocycles. The van der Waals surface area contributed by atoms with Crippen LogP contribution in [-0.2, 0) is 6.54 Å². The van der Waals surface area contributed by atoms with Crippen LogP contribution in [0.1, 0.15) is 19.3 Å². The normalized spacial score (nSPS) is 17.0. The molecule has 0 N–H and O–H groups in total. The Hall–Kier alpha value is -0.640. The van der Waals surface area contributed by atoms with Gasteiger partial charge in [-0.25, -0.2) is 4.68 Å². The standard InChI is InChI=1S/C9H11BrN2O/c10-8-4-5-11-12(9(8)13)6-7-2-1-3-7/h4-5,7H,1-3,6H2. The maximum absolute atomic E-state index is 11.5. The van der Waals surface area contributed by atoms with E-state index in [1.807, 2.05) is 0 Å². The van der Waals surface area contributed by atoms with E-state index < -0.39 is 0 Å². The number of hydrogen-bond donors (Lipinski definition) is 0. The van der Waals surface area contributed by atoms with Crippen LogP contribution in [0, 0.1) is 5.92 Å². The Labute approximate surface area is 84.9 Å². The minimum atomic E-state index is -0.0191. The molecular formula is C9H11BrN2O. The molecule has 1 heterocycles. The van der Waals surface area contributed by atoms with Gasteiger partial charge >= 0.3 is 0 Å². The summed E-state index contributed by atoms with van der Waals surface area (Å²) in [5, 5.41) is 4.04. The lowest BCUT2D eigenvalue weighted by atomic mass is 9.85. The van der Waals surface area contributed by atoms with Crippen molar-refractivity contribution >= 4 is 15.9 Å². The van der Waals surface area contributed by atoms with Crippen LogP contribution in [0.2, 0.25) is 0 Å². The van der Waals surface area contributed by atoms with E-state index in [4.69, 9.17) is 0 Å². The Kier molecular flexibility index (Phi) is 2.49. The maximum Gasteiger partial charge on any atom is 0.281 e. The Morgan fingerprint density at radius 1 is 1.62 bits per heavy atom. The molecule has 1 aliphatic rings. The third-order valence-electron chi connectivity index (χ3n) is 2.52. The van der Waals surface area contributed by atoms with Crippen molar-refractivity contribution < 1.29 is 0 Å². The Bertz CT molecular complexity index is 357. The van der Waals surface area contributed by atoms with Crippen molar-refractivity contribution in [2.45, 2.75) is 25.8 Å². The lowest BCUT2D eigenvalue weighted by Crippen LogP contribution is -2.29. The first-order valence-corrected chi connectivity index (χ1v) is 5.28. The van der Waals surface area contributed by atoms with Crippen LogP contribution in [-0.4, -0.2) is 9.78 Å². The molecule has 0 radical (unpaired) electrons. The highest BCUT2D eigenvalue weighted by molar-refractivity contribution is 9.10. The van der Waals surface area contributed by atoms with E-state index in [0.717, 1.165) is 6.54 Å². The zero-order chi connectivity index (χ0) is 9.26. The van der Waals surface area contributed by atoms with E-state index in [2.05, 4.69) is 21.0 Å². The van der Waals surface area contributed by atoms with Crippen LogP contribution in [0.3, 0.4) is 0 Å². The number of hydrogen-bond acceptors (Lipinski definition) is 2. The Balaban J connectivity index is 2.19. The molecule has 0 amide bonds. The summed E-state index contributed by atoms with van der Waals surface area (Å²) in [4.78, 5) is 11.5. The van der Waals surface area contributed by atoms with Gasteiger partial charge in [0.2, 0.25) is 0 Å². The van der Waals surface area contributed by atoms with Gasteiger partial charge in [0.15, 0.2) is 0 Å². The van der Waals surface area contributed by atoms with Crippen molar-refractivity contribution in [3.8, 4) is 0 Å². The molecule has 1 aliphatic carbocycles. The lowest BCUT2D eigenvalue weighted by molar-refractivity contribution is 0.261. The van der Waals surface area contributed by atoms with Crippen LogP contribution in [0.4, 0.5) is 0 Å². The zero-order valence-corrected chi connectivity index (χ0v) is 8.83. The molecule has 1 saturated carbocycles. The predicted octanol–water partition coefficient (Wildman–Crippen LogP) is 1.81. The van der Waals surface area contributed by atoms with Crippen LogP contribution in [0.15, 0.2) is 21.5 Å². The van der Waals surface area contributed by atoms with Crippen molar-refractivity contribution in [2.24, 2.45) is 5.92 Å². The fourth-order valence-corrected chi connectivity index (χ4v) is 1.80. The van der Waals surface area contributed by atoms with Gasteiger partial charge < -0.3 is 0 Å². The third-order valence-corrected chi connectivity index (χ3v) is 3.13. The molecule has 0 spiro atoms. The average molecular weight is 243 g/mol. The van der Waals surface area contributed by atoms with Crippen molar-refractivity contribution in [3.05, 3.63) is 27.1 Å². The second-order valence-corrected chi connectivity index (χ2v) is 4.32. The molecule has 0 saturated heterocycles. The monoisotopic (exact) mass is 242 g/mol. The number of nitrogens with zero attached hydrogens (tertiary/aromatic N) is 2. The minimum absolute atomic E-state index is 0.0191. The van der Waals surface area contributed by atoms with E-state index in [1.165, 1.54) is 19.3 Å². The van der Waals surface area contributed by atoms with E-state index >= 15 is 0 Å². The molecule has 0 aromatic carbocycles. The molecule has 0 unspecified atom stereocenters. The second-order valence-electron chi connectivity index (χ2n) is 3.46. The average Bonchev–Trinajstić information content (AvgIpc) is 2.04. The topological polar surface area (TPSA) is 34.9 Å². The highest BCUT2D eigenvalue weighted by Gasteiger charge is 2.18. The second kappa shape index (κ2) is 3.62. The molecule has 0 bridgehead atoms. The highest BCUT2D eigenvalue weighted by atomic mass is 79.9. The van der Waals surface area contributed by atoms with Crippen LogP contribution in [0.25, 0.3) is 0 Å². The first-order valence-electron chi connectivity index (χ1n) is 4.49. The fraction of sp³-hybridized carbons (Fsp3) is 0.556. The summed E-state index contributed by atoms with van der Waals surface area (Å²) < 4.78 is 2.15. The van der Waals surface area contributed by atoms with E-state index in [9.17, 15) is 4.79 Å². The molecule has 4 heteroatoms. The summed E-state index contributed by atoms with van der Waals surface area (Å²) in [5.41, 5.74) is -0.0191. The van der Waals surface area contributed by atoms with Crippen molar-refractivity contribution in [3.63, 3.8) is 0 Å². The summed E-state index contributed by atoms with van der Waals surface area (Å²) in [6.45, 7) is 0.776. The van der Waals surface area contributed by atoms with Gasteiger partial charge in [0.1, 0.15) is 0 Å². The van der Waals surface area contributed by atoms with Gasteiger partial charge in [-0.15, -0.1) is 0 Å². The van der Waals surface area contributed by atoms with Gasteiger partial charge in [0.05, 0.1) is 4.47 Å². The third kappa shape index (κ3) is 1.82. The first-order chi connectivity index (χ1) is 6.27.